The lowest BCUT2D eigenvalue weighted by atomic mass is 9.68. The molecule has 7 heteroatoms. The molecule has 0 bridgehead atoms. The van der Waals surface area contributed by atoms with Gasteiger partial charge in [-0.3, -0.25) is 9.78 Å². The SMILES string of the molecule is O=C1CC[C@@H](NS(=O)(=O)c2cccc3cnccc23)C2(CCC2)N1. The second kappa shape index (κ2) is 5.53. The summed E-state index contributed by atoms with van der Waals surface area (Å²) in [5.41, 5.74) is -0.408. The van der Waals surface area contributed by atoms with Gasteiger partial charge in [-0.1, -0.05) is 12.1 Å². The van der Waals surface area contributed by atoms with E-state index >= 15 is 0 Å². The molecule has 1 aliphatic heterocycles. The van der Waals surface area contributed by atoms with Crippen molar-refractivity contribution in [3.05, 3.63) is 36.7 Å². The monoisotopic (exact) mass is 345 g/mol. The van der Waals surface area contributed by atoms with Crippen molar-refractivity contribution in [3.63, 3.8) is 0 Å². The Bertz CT molecular complexity index is 901. The third-order valence-corrected chi connectivity index (χ3v) is 6.72. The molecule has 24 heavy (non-hydrogen) atoms. The molecule has 1 spiro atoms. The fraction of sp³-hybridized carbons (Fsp3) is 0.412. The number of sulfonamides is 1. The average molecular weight is 345 g/mol. The van der Waals surface area contributed by atoms with Crippen LogP contribution in [0.25, 0.3) is 10.8 Å². The first-order valence-electron chi connectivity index (χ1n) is 8.16. The Morgan fingerprint density at radius 2 is 2.08 bits per heavy atom. The second-order valence-electron chi connectivity index (χ2n) is 6.62. The van der Waals surface area contributed by atoms with Gasteiger partial charge in [0.2, 0.25) is 15.9 Å². The number of fused-ring (bicyclic) bond motifs is 1. The van der Waals surface area contributed by atoms with E-state index < -0.39 is 15.6 Å². The van der Waals surface area contributed by atoms with Gasteiger partial charge in [0.25, 0.3) is 0 Å². The Morgan fingerprint density at radius 1 is 1.25 bits per heavy atom. The molecule has 0 radical (unpaired) electrons. The summed E-state index contributed by atoms with van der Waals surface area (Å²) in [6, 6.07) is 6.63. The number of amides is 1. The summed E-state index contributed by atoms with van der Waals surface area (Å²) in [5, 5.41) is 4.46. The van der Waals surface area contributed by atoms with Crippen molar-refractivity contribution in [2.24, 2.45) is 0 Å². The number of piperidine rings is 1. The van der Waals surface area contributed by atoms with Crippen molar-refractivity contribution < 1.29 is 13.2 Å². The molecule has 2 aliphatic rings. The smallest absolute Gasteiger partial charge is 0.241 e. The molecule has 2 fully saturated rings. The topological polar surface area (TPSA) is 88.2 Å². The number of nitrogens with one attached hydrogen (secondary N) is 2. The van der Waals surface area contributed by atoms with Crippen LogP contribution in [-0.2, 0) is 14.8 Å². The minimum atomic E-state index is -3.68. The van der Waals surface area contributed by atoms with Gasteiger partial charge in [-0.2, -0.15) is 0 Å². The number of hydrogen-bond acceptors (Lipinski definition) is 4. The van der Waals surface area contributed by atoms with Crippen molar-refractivity contribution in [2.75, 3.05) is 0 Å². The normalized spacial score (nSPS) is 23.0. The molecule has 1 aromatic heterocycles. The predicted octanol–water partition coefficient (Wildman–Crippen LogP) is 1.71. The molecule has 2 N–H and O–H groups in total. The highest BCUT2D eigenvalue weighted by atomic mass is 32.2. The molecule has 1 aromatic carbocycles. The Labute approximate surface area is 140 Å². The highest BCUT2D eigenvalue weighted by molar-refractivity contribution is 7.89. The summed E-state index contributed by atoms with van der Waals surface area (Å²) >= 11 is 0. The van der Waals surface area contributed by atoms with Gasteiger partial charge in [0.15, 0.2) is 0 Å². The lowest BCUT2D eigenvalue weighted by molar-refractivity contribution is -0.127. The Kier molecular flexibility index (Phi) is 3.58. The number of rotatable bonds is 3. The van der Waals surface area contributed by atoms with E-state index in [-0.39, 0.29) is 16.8 Å². The molecule has 1 amide bonds. The summed E-state index contributed by atoms with van der Waals surface area (Å²) in [6.07, 6.45) is 6.80. The predicted molar refractivity (Wildman–Crippen MR) is 89.8 cm³/mol. The number of aromatic nitrogens is 1. The molecule has 1 aliphatic carbocycles. The molecule has 6 nitrogen and oxygen atoms in total. The summed E-state index contributed by atoms with van der Waals surface area (Å²) in [6.45, 7) is 0. The highest BCUT2D eigenvalue weighted by Gasteiger charge is 2.49. The standard InChI is InChI=1S/C17H19N3O3S/c21-16-6-5-15(17(19-16)8-2-9-17)20-24(22,23)14-4-1-3-12-11-18-10-7-13(12)14/h1,3-4,7,10-11,15,20H,2,5-6,8-9H2,(H,19,21)/t15-/m1/s1. The van der Waals surface area contributed by atoms with Gasteiger partial charge in [-0.15, -0.1) is 0 Å². The molecule has 2 aromatic rings. The molecule has 4 rings (SSSR count). The van der Waals surface area contributed by atoms with Crippen LogP contribution >= 0.6 is 0 Å². The van der Waals surface area contributed by atoms with Crippen LogP contribution in [0.1, 0.15) is 32.1 Å². The summed E-state index contributed by atoms with van der Waals surface area (Å²) in [4.78, 5) is 16.0. The largest absolute Gasteiger partial charge is 0.349 e. The van der Waals surface area contributed by atoms with Gasteiger partial charge in [0, 0.05) is 35.6 Å². The van der Waals surface area contributed by atoms with Crippen molar-refractivity contribution in [2.45, 2.75) is 48.6 Å². The number of benzene rings is 1. The number of nitrogens with zero attached hydrogens (tertiary/aromatic N) is 1. The van der Waals surface area contributed by atoms with E-state index in [1.54, 1.807) is 30.6 Å². The second-order valence-corrected chi connectivity index (χ2v) is 8.31. The lowest BCUT2D eigenvalue weighted by Crippen LogP contribution is -2.68. The van der Waals surface area contributed by atoms with Crippen molar-refractivity contribution in [1.29, 1.82) is 0 Å². The van der Waals surface area contributed by atoms with Gasteiger partial charge in [0.05, 0.1) is 10.4 Å². The third-order valence-electron chi connectivity index (χ3n) is 5.19. The van der Waals surface area contributed by atoms with Crippen molar-refractivity contribution in [1.82, 2.24) is 15.0 Å². The summed E-state index contributed by atoms with van der Waals surface area (Å²) in [5.74, 6) is 0.0152. The Morgan fingerprint density at radius 3 is 2.83 bits per heavy atom. The van der Waals surface area contributed by atoms with E-state index in [0.29, 0.717) is 18.2 Å². The minimum absolute atomic E-state index is 0.0152. The van der Waals surface area contributed by atoms with E-state index in [2.05, 4.69) is 15.0 Å². The fourth-order valence-corrected chi connectivity index (χ4v) is 5.34. The molecule has 1 saturated carbocycles. The first-order chi connectivity index (χ1) is 11.5. The fourth-order valence-electron chi connectivity index (χ4n) is 3.76. The summed E-state index contributed by atoms with van der Waals surface area (Å²) in [7, 11) is -3.68. The molecule has 126 valence electrons. The van der Waals surface area contributed by atoms with Crippen molar-refractivity contribution in [3.8, 4) is 0 Å². The van der Waals surface area contributed by atoms with Gasteiger partial charge < -0.3 is 5.32 Å². The Hall–Kier alpha value is -1.99. The van der Waals surface area contributed by atoms with E-state index in [4.69, 9.17) is 0 Å². The van der Waals surface area contributed by atoms with Crippen LogP contribution in [0.15, 0.2) is 41.6 Å². The average Bonchev–Trinajstić information content (AvgIpc) is 2.54. The van der Waals surface area contributed by atoms with Gasteiger partial charge >= 0.3 is 0 Å². The van der Waals surface area contributed by atoms with E-state index in [9.17, 15) is 13.2 Å². The zero-order chi connectivity index (χ0) is 16.8. The van der Waals surface area contributed by atoms with E-state index in [0.717, 1.165) is 24.6 Å². The summed E-state index contributed by atoms with van der Waals surface area (Å²) < 4.78 is 28.8. The Balaban J connectivity index is 1.69. The van der Waals surface area contributed by atoms with E-state index in [1.807, 2.05) is 6.07 Å². The van der Waals surface area contributed by atoms with Crippen LogP contribution in [0.5, 0.6) is 0 Å². The van der Waals surface area contributed by atoms with Crippen molar-refractivity contribution >= 4 is 26.7 Å². The molecule has 0 unspecified atom stereocenters. The molecule has 2 heterocycles. The maximum Gasteiger partial charge on any atom is 0.241 e. The third kappa shape index (κ3) is 2.48. The first-order valence-corrected chi connectivity index (χ1v) is 9.65. The molecular weight excluding hydrogens is 326 g/mol. The molecular formula is C17H19N3O3S. The maximum absolute atomic E-state index is 13.0. The van der Waals surface area contributed by atoms with Crippen LogP contribution < -0.4 is 10.0 Å². The minimum Gasteiger partial charge on any atom is -0.349 e. The van der Waals surface area contributed by atoms with Crippen LogP contribution in [0.3, 0.4) is 0 Å². The van der Waals surface area contributed by atoms with E-state index in [1.165, 1.54) is 0 Å². The zero-order valence-electron chi connectivity index (χ0n) is 13.2. The maximum atomic E-state index is 13.0. The van der Waals surface area contributed by atoms with Crippen LogP contribution in [-0.4, -0.2) is 30.9 Å². The number of carbonyl (C=O) groups excluding carboxylic acids is 1. The van der Waals surface area contributed by atoms with Gasteiger partial charge in [-0.25, -0.2) is 13.1 Å². The van der Waals surface area contributed by atoms with Crippen LogP contribution in [0, 0.1) is 0 Å². The number of pyridine rings is 1. The molecule has 1 atom stereocenters. The molecule has 1 saturated heterocycles. The zero-order valence-corrected chi connectivity index (χ0v) is 14.0. The van der Waals surface area contributed by atoms with Crippen LogP contribution in [0.2, 0.25) is 0 Å². The quantitative estimate of drug-likeness (QED) is 0.886. The number of hydrogen-bond donors (Lipinski definition) is 2. The lowest BCUT2D eigenvalue weighted by Gasteiger charge is -2.50. The van der Waals surface area contributed by atoms with Gasteiger partial charge in [-0.05, 0) is 37.8 Å². The first kappa shape index (κ1) is 15.5. The number of carbonyl (C=O) groups is 1. The van der Waals surface area contributed by atoms with Crippen LogP contribution in [0.4, 0.5) is 0 Å². The highest BCUT2D eigenvalue weighted by Crippen LogP contribution is 2.39. The van der Waals surface area contributed by atoms with Gasteiger partial charge in [0.1, 0.15) is 0 Å².